The highest BCUT2D eigenvalue weighted by Gasteiger charge is 2.10. The van der Waals surface area contributed by atoms with E-state index in [-0.39, 0.29) is 5.97 Å². The van der Waals surface area contributed by atoms with Crippen molar-refractivity contribution >= 4 is 11.7 Å². The third kappa shape index (κ3) is 4.01. The lowest BCUT2D eigenvalue weighted by Crippen LogP contribution is -2.14. The molecule has 4 heteroatoms. The normalized spacial score (nSPS) is 10.1. The summed E-state index contributed by atoms with van der Waals surface area (Å²) in [4.78, 5) is 11.7. The summed E-state index contributed by atoms with van der Waals surface area (Å²) in [6.45, 7) is 5.17. The van der Waals surface area contributed by atoms with E-state index in [1.165, 1.54) is 12.7 Å². The molecule has 0 heterocycles. The van der Waals surface area contributed by atoms with Gasteiger partial charge in [-0.3, -0.25) is 0 Å². The molecule has 0 saturated heterocycles. The van der Waals surface area contributed by atoms with Crippen LogP contribution in [0.25, 0.3) is 0 Å². The predicted octanol–water partition coefficient (Wildman–Crippen LogP) is 3.58. The molecule has 2 aromatic carbocycles. The topological polar surface area (TPSA) is 47.6 Å². The molecule has 1 N–H and O–H groups in total. The zero-order valence-electron chi connectivity index (χ0n) is 13.2. The second kappa shape index (κ2) is 7.50. The first-order chi connectivity index (χ1) is 10.6. The number of anilines is 1. The van der Waals surface area contributed by atoms with Crippen LogP contribution in [0.5, 0.6) is 5.75 Å². The number of hydrogen-bond donors (Lipinski definition) is 1. The maximum absolute atomic E-state index is 11.7. The van der Waals surface area contributed by atoms with Crippen molar-refractivity contribution in [3.8, 4) is 5.75 Å². The molecule has 22 heavy (non-hydrogen) atoms. The summed E-state index contributed by atoms with van der Waals surface area (Å²) in [5, 5.41) is 3.21. The summed E-state index contributed by atoms with van der Waals surface area (Å²) < 4.78 is 10.6. The van der Waals surface area contributed by atoms with Gasteiger partial charge in [-0.1, -0.05) is 24.3 Å². The Morgan fingerprint density at radius 1 is 1.14 bits per heavy atom. The lowest BCUT2D eigenvalue weighted by Gasteiger charge is -2.13. The van der Waals surface area contributed by atoms with Gasteiger partial charge in [-0.15, -0.1) is 0 Å². The fourth-order valence-electron chi connectivity index (χ4n) is 2.13. The SMILES string of the molecule is COC(=O)c1ccccc1NCCOc1cc(C)ccc1C. The lowest BCUT2D eigenvalue weighted by molar-refractivity contribution is 0.0602. The van der Waals surface area contributed by atoms with Gasteiger partial charge in [0, 0.05) is 12.2 Å². The third-order valence-electron chi connectivity index (χ3n) is 3.35. The van der Waals surface area contributed by atoms with E-state index in [0.717, 1.165) is 17.0 Å². The molecular weight excluding hydrogens is 278 g/mol. The molecule has 0 amide bonds. The van der Waals surface area contributed by atoms with Gasteiger partial charge in [0.2, 0.25) is 0 Å². The zero-order valence-corrected chi connectivity index (χ0v) is 13.2. The number of carbonyl (C=O) groups is 1. The number of nitrogens with one attached hydrogen (secondary N) is 1. The molecule has 0 saturated carbocycles. The minimum absolute atomic E-state index is 0.349. The van der Waals surface area contributed by atoms with Crippen molar-refractivity contribution in [3.63, 3.8) is 0 Å². The number of carbonyl (C=O) groups excluding carboxylic acids is 1. The van der Waals surface area contributed by atoms with Gasteiger partial charge in [-0.2, -0.15) is 0 Å². The number of aryl methyl sites for hydroxylation is 2. The minimum Gasteiger partial charge on any atom is -0.491 e. The van der Waals surface area contributed by atoms with Gasteiger partial charge in [0.25, 0.3) is 0 Å². The maximum Gasteiger partial charge on any atom is 0.339 e. The van der Waals surface area contributed by atoms with Crippen molar-refractivity contribution in [1.82, 2.24) is 0 Å². The van der Waals surface area contributed by atoms with Gasteiger partial charge in [0.05, 0.1) is 12.7 Å². The second-order valence-electron chi connectivity index (χ2n) is 5.08. The highest BCUT2D eigenvalue weighted by atomic mass is 16.5. The van der Waals surface area contributed by atoms with E-state index in [2.05, 4.69) is 11.4 Å². The Labute approximate surface area is 131 Å². The van der Waals surface area contributed by atoms with Crippen LogP contribution in [0.4, 0.5) is 5.69 Å². The maximum atomic E-state index is 11.7. The van der Waals surface area contributed by atoms with Crippen LogP contribution >= 0.6 is 0 Å². The van der Waals surface area contributed by atoms with E-state index in [4.69, 9.17) is 9.47 Å². The summed E-state index contributed by atoms with van der Waals surface area (Å²) in [6.07, 6.45) is 0. The molecule has 0 aliphatic carbocycles. The molecule has 4 nitrogen and oxygen atoms in total. The van der Waals surface area contributed by atoms with Crippen LogP contribution in [-0.4, -0.2) is 26.2 Å². The number of benzene rings is 2. The Balaban J connectivity index is 1.92. The Kier molecular flexibility index (Phi) is 5.42. The Morgan fingerprint density at radius 2 is 1.91 bits per heavy atom. The largest absolute Gasteiger partial charge is 0.491 e. The summed E-state index contributed by atoms with van der Waals surface area (Å²) >= 11 is 0. The molecule has 0 fully saturated rings. The van der Waals surface area contributed by atoms with Crippen LogP contribution in [0.1, 0.15) is 21.5 Å². The van der Waals surface area contributed by atoms with Crippen molar-refractivity contribution in [2.24, 2.45) is 0 Å². The van der Waals surface area contributed by atoms with Crippen LogP contribution < -0.4 is 10.1 Å². The van der Waals surface area contributed by atoms with E-state index < -0.39 is 0 Å². The van der Waals surface area contributed by atoms with Crippen molar-refractivity contribution in [1.29, 1.82) is 0 Å². The van der Waals surface area contributed by atoms with E-state index in [1.54, 1.807) is 6.07 Å². The van der Waals surface area contributed by atoms with E-state index in [9.17, 15) is 4.79 Å². The van der Waals surface area contributed by atoms with Gasteiger partial charge >= 0.3 is 5.97 Å². The molecule has 0 spiro atoms. The second-order valence-corrected chi connectivity index (χ2v) is 5.08. The molecule has 0 aliphatic rings. The lowest BCUT2D eigenvalue weighted by atomic mass is 10.1. The summed E-state index contributed by atoms with van der Waals surface area (Å²) in [6, 6.07) is 13.4. The van der Waals surface area contributed by atoms with Gasteiger partial charge in [0.1, 0.15) is 12.4 Å². The number of para-hydroxylation sites is 1. The van der Waals surface area contributed by atoms with E-state index in [1.807, 2.05) is 44.2 Å². The average Bonchev–Trinajstić information content (AvgIpc) is 2.54. The minimum atomic E-state index is -0.349. The van der Waals surface area contributed by atoms with E-state index >= 15 is 0 Å². The van der Waals surface area contributed by atoms with Gasteiger partial charge in [0.15, 0.2) is 0 Å². The number of methoxy groups -OCH3 is 1. The summed E-state index contributed by atoms with van der Waals surface area (Å²) in [5.74, 6) is 0.543. The Hall–Kier alpha value is -2.49. The van der Waals surface area contributed by atoms with Crippen molar-refractivity contribution in [2.45, 2.75) is 13.8 Å². The van der Waals surface area contributed by atoms with Crippen LogP contribution in [-0.2, 0) is 4.74 Å². The summed E-state index contributed by atoms with van der Waals surface area (Å²) in [5.41, 5.74) is 3.56. The summed E-state index contributed by atoms with van der Waals surface area (Å²) in [7, 11) is 1.38. The first kappa shape index (κ1) is 15.9. The smallest absolute Gasteiger partial charge is 0.339 e. The molecule has 0 atom stereocenters. The van der Waals surface area contributed by atoms with Crippen LogP contribution in [0, 0.1) is 13.8 Å². The Bertz CT molecular complexity index is 653. The molecule has 0 aromatic heterocycles. The average molecular weight is 299 g/mol. The quantitative estimate of drug-likeness (QED) is 0.654. The number of esters is 1. The standard InChI is InChI=1S/C18H21NO3/c1-13-8-9-14(2)17(12-13)22-11-10-19-16-7-5-4-6-15(16)18(20)21-3/h4-9,12,19H,10-11H2,1-3H3. The number of ether oxygens (including phenoxy) is 2. The highest BCUT2D eigenvalue weighted by Crippen LogP contribution is 2.19. The molecule has 116 valence electrons. The van der Waals surface area contributed by atoms with Crippen LogP contribution in [0.3, 0.4) is 0 Å². The van der Waals surface area contributed by atoms with Gasteiger partial charge in [-0.25, -0.2) is 4.79 Å². The molecule has 0 aliphatic heterocycles. The molecular formula is C18H21NO3. The van der Waals surface area contributed by atoms with Crippen molar-refractivity contribution < 1.29 is 14.3 Å². The highest BCUT2D eigenvalue weighted by molar-refractivity contribution is 5.95. The zero-order chi connectivity index (χ0) is 15.9. The third-order valence-corrected chi connectivity index (χ3v) is 3.35. The van der Waals surface area contributed by atoms with Gasteiger partial charge < -0.3 is 14.8 Å². The van der Waals surface area contributed by atoms with Crippen LogP contribution in [0.2, 0.25) is 0 Å². The predicted molar refractivity (Wildman–Crippen MR) is 87.7 cm³/mol. The molecule has 0 unspecified atom stereocenters. The Morgan fingerprint density at radius 3 is 2.68 bits per heavy atom. The molecule has 0 bridgehead atoms. The van der Waals surface area contributed by atoms with Crippen molar-refractivity contribution in [2.75, 3.05) is 25.6 Å². The fourth-order valence-corrected chi connectivity index (χ4v) is 2.13. The molecule has 2 rings (SSSR count). The number of hydrogen-bond acceptors (Lipinski definition) is 4. The monoisotopic (exact) mass is 299 g/mol. The molecule has 0 radical (unpaired) electrons. The first-order valence-electron chi connectivity index (χ1n) is 7.23. The first-order valence-corrected chi connectivity index (χ1v) is 7.23. The van der Waals surface area contributed by atoms with E-state index in [0.29, 0.717) is 18.7 Å². The van der Waals surface area contributed by atoms with Crippen molar-refractivity contribution in [3.05, 3.63) is 59.2 Å². The van der Waals surface area contributed by atoms with Crippen LogP contribution in [0.15, 0.2) is 42.5 Å². The van der Waals surface area contributed by atoms with Gasteiger partial charge in [-0.05, 0) is 43.2 Å². The molecule has 2 aromatic rings. The fraction of sp³-hybridized carbons (Fsp3) is 0.278. The number of rotatable bonds is 6.